The molecule has 3 rings (SSSR count). The standard InChI is InChI=1S/C20H28N6O2S/c1-20(2,3)28-19(27)24-18(22)26-10-8-25(9-11-26)15-6-4-14(5-7-15)16-13-29-17(12-21)23-16/h4-7,13H,8-12,21H2,1-3H3,(H2,22,24,27). The van der Waals surface area contributed by atoms with Crippen LogP contribution >= 0.6 is 11.3 Å². The molecule has 1 aromatic carbocycles. The Morgan fingerprint density at radius 2 is 1.86 bits per heavy atom. The summed E-state index contributed by atoms with van der Waals surface area (Å²) in [5.41, 5.74) is 14.2. The molecule has 1 aliphatic heterocycles. The lowest BCUT2D eigenvalue weighted by molar-refractivity contribution is 0.0601. The number of ether oxygens (including phenoxy) is 1. The molecule has 0 radical (unpaired) electrons. The number of guanidine groups is 1. The van der Waals surface area contributed by atoms with E-state index in [0.717, 1.165) is 35.0 Å². The van der Waals surface area contributed by atoms with Gasteiger partial charge in [-0.15, -0.1) is 16.3 Å². The average Bonchev–Trinajstić information content (AvgIpc) is 3.16. The molecule has 4 N–H and O–H groups in total. The maximum atomic E-state index is 11.8. The van der Waals surface area contributed by atoms with E-state index in [4.69, 9.17) is 16.2 Å². The van der Waals surface area contributed by atoms with Crippen LogP contribution in [0.3, 0.4) is 0 Å². The fourth-order valence-corrected chi connectivity index (χ4v) is 3.71. The number of piperazine rings is 1. The zero-order valence-corrected chi connectivity index (χ0v) is 17.9. The summed E-state index contributed by atoms with van der Waals surface area (Å²) in [6, 6.07) is 8.36. The van der Waals surface area contributed by atoms with Gasteiger partial charge < -0.3 is 26.0 Å². The average molecular weight is 417 g/mol. The summed E-state index contributed by atoms with van der Waals surface area (Å²) in [6.07, 6.45) is -0.659. The van der Waals surface area contributed by atoms with E-state index in [0.29, 0.717) is 19.6 Å². The molecular weight excluding hydrogens is 388 g/mol. The van der Waals surface area contributed by atoms with E-state index in [1.807, 2.05) is 10.3 Å². The predicted molar refractivity (Wildman–Crippen MR) is 117 cm³/mol. The molecule has 8 nitrogen and oxygen atoms in total. The highest BCUT2D eigenvalue weighted by molar-refractivity contribution is 7.09. The Bertz CT molecular complexity index is 864. The van der Waals surface area contributed by atoms with Crippen molar-refractivity contribution in [1.29, 1.82) is 0 Å². The van der Waals surface area contributed by atoms with Crippen LogP contribution in [0, 0.1) is 0 Å². The third-order valence-electron chi connectivity index (χ3n) is 4.46. The van der Waals surface area contributed by atoms with Crippen LogP contribution in [-0.2, 0) is 11.3 Å². The maximum absolute atomic E-state index is 11.8. The number of carbonyl (C=O) groups excluding carboxylic acids is 1. The Morgan fingerprint density at radius 1 is 1.21 bits per heavy atom. The minimum absolute atomic E-state index is 0.202. The molecule has 2 heterocycles. The van der Waals surface area contributed by atoms with Gasteiger partial charge in [-0.1, -0.05) is 12.1 Å². The largest absolute Gasteiger partial charge is 0.442 e. The molecule has 0 bridgehead atoms. The van der Waals surface area contributed by atoms with E-state index in [1.54, 1.807) is 32.1 Å². The maximum Gasteiger partial charge on any atom is 0.437 e. The van der Waals surface area contributed by atoms with Gasteiger partial charge in [-0.05, 0) is 32.9 Å². The molecule has 9 heteroatoms. The fraction of sp³-hybridized carbons (Fsp3) is 0.450. The molecule has 0 spiro atoms. The van der Waals surface area contributed by atoms with Gasteiger partial charge in [-0.3, -0.25) is 0 Å². The van der Waals surface area contributed by atoms with Gasteiger partial charge in [0.25, 0.3) is 0 Å². The Labute approximate surface area is 175 Å². The van der Waals surface area contributed by atoms with Gasteiger partial charge in [-0.2, -0.15) is 0 Å². The highest BCUT2D eigenvalue weighted by atomic mass is 32.1. The van der Waals surface area contributed by atoms with Crippen molar-refractivity contribution in [3.05, 3.63) is 34.7 Å². The lowest BCUT2D eigenvalue weighted by atomic mass is 10.1. The number of aliphatic imine (C=N–C) groups is 1. The van der Waals surface area contributed by atoms with E-state index in [2.05, 4.69) is 39.1 Å². The van der Waals surface area contributed by atoms with Crippen molar-refractivity contribution in [2.24, 2.45) is 16.5 Å². The van der Waals surface area contributed by atoms with Crippen LogP contribution in [0.15, 0.2) is 34.6 Å². The van der Waals surface area contributed by atoms with Crippen molar-refractivity contribution in [3.8, 4) is 11.3 Å². The summed E-state index contributed by atoms with van der Waals surface area (Å²) in [6.45, 7) is 8.81. The molecule has 1 fully saturated rings. The van der Waals surface area contributed by atoms with Crippen molar-refractivity contribution in [3.63, 3.8) is 0 Å². The first-order valence-corrected chi connectivity index (χ1v) is 10.4. The van der Waals surface area contributed by atoms with Crippen LogP contribution in [0.5, 0.6) is 0 Å². The Balaban J connectivity index is 1.57. The summed E-state index contributed by atoms with van der Waals surface area (Å²) < 4.78 is 5.19. The summed E-state index contributed by atoms with van der Waals surface area (Å²) >= 11 is 1.58. The summed E-state index contributed by atoms with van der Waals surface area (Å²) in [4.78, 5) is 24.4. The molecule has 156 valence electrons. The van der Waals surface area contributed by atoms with Crippen molar-refractivity contribution in [1.82, 2.24) is 9.88 Å². The highest BCUT2D eigenvalue weighted by Gasteiger charge is 2.21. The van der Waals surface area contributed by atoms with Gasteiger partial charge in [-0.25, -0.2) is 9.78 Å². The van der Waals surface area contributed by atoms with E-state index in [9.17, 15) is 4.79 Å². The molecule has 1 amide bonds. The van der Waals surface area contributed by atoms with Crippen LogP contribution in [0.25, 0.3) is 11.3 Å². The lowest BCUT2D eigenvalue weighted by Crippen LogP contribution is -2.51. The smallest absolute Gasteiger partial charge is 0.437 e. The molecule has 0 saturated carbocycles. The lowest BCUT2D eigenvalue weighted by Gasteiger charge is -2.36. The Kier molecular flexibility index (Phi) is 6.39. The number of amides is 1. The van der Waals surface area contributed by atoms with Gasteiger partial charge in [0.2, 0.25) is 5.96 Å². The van der Waals surface area contributed by atoms with Crippen molar-refractivity contribution in [2.45, 2.75) is 32.9 Å². The van der Waals surface area contributed by atoms with Crippen LogP contribution in [-0.4, -0.2) is 53.7 Å². The minimum Gasteiger partial charge on any atom is -0.442 e. The number of rotatable bonds is 3. The second-order valence-electron chi connectivity index (χ2n) is 7.80. The number of thiazole rings is 1. The first kappa shape index (κ1) is 21.1. The zero-order valence-electron chi connectivity index (χ0n) is 17.1. The summed E-state index contributed by atoms with van der Waals surface area (Å²) in [7, 11) is 0. The number of benzene rings is 1. The molecule has 0 aliphatic carbocycles. The molecule has 1 saturated heterocycles. The number of aromatic nitrogens is 1. The van der Waals surface area contributed by atoms with Gasteiger partial charge >= 0.3 is 6.09 Å². The number of carbonyl (C=O) groups is 1. The zero-order chi connectivity index (χ0) is 21.0. The molecule has 1 aromatic heterocycles. The van der Waals surface area contributed by atoms with E-state index < -0.39 is 11.7 Å². The second-order valence-corrected chi connectivity index (χ2v) is 8.74. The number of anilines is 1. The van der Waals surface area contributed by atoms with Crippen molar-refractivity contribution < 1.29 is 9.53 Å². The van der Waals surface area contributed by atoms with Crippen LogP contribution < -0.4 is 16.4 Å². The molecule has 2 aromatic rings. The number of hydrogen-bond donors (Lipinski definition) is 2. The van der Waals surface area contributed by atoms with Gasteiger partial charge in [0.05, 0.1) is 5.69 Å². The first-order valence-electron chi connectivity index (χ1n) is 9.57. The fourth-order valence-electron chi connectivity index (χ4n) is 3.02. The minimum atomic E-state index is -0.659. The monoisotopic (exact) mass is 416 g/mol. The van der Waals surface area contributed by atoms with Gasteiger partial charge in [0.15, 0.2) is 0 Å². The van der Waals surface area contributed by atoms with E-state index >= 15 is 0 Å². The summed E-state index contributed by atoms with van der Waals surface area (Å²) in [5.74, 6) is 0.202. The normalized spacial score (nSPS) is 15.5. The SMILES string of the molecule is CC(C)(C)OC(=O)/N=C(/N)N1CCN(c2ccc(-c3csc(CN)n3)cc2)CC1. The Morgan fingerprint density at radius 3 is 2.41 bits per heavy atom. The molecule has 0 atom stereocenters. The van der Waals surface area contributed by atoms with Crippen LogP contribution in [0.2, 0.25) is 0 Å². The molecular formula is C20H28N6O2S. The van der Waals surface area contributed by atoms with Gasteiger partial charge in [0, 0.05) is 49.4 Å². The van der Waals surface area contributed by atoms with Crippen LogP contribution in [0.1, 0.15) is 25.8 Å². The summed E-state index contributed by atoms with van der Waals surface area (Å²) in [5, 5.41) is 2.97. The number of hydrogen-bond acceptors (Lipinski definition) is 6. The van der Waals surface area contributed by atoms with Crippen LogP contribution in [0.4, 0.5) is 10.5 Å². The molecule has 1 aliphatic rings. The molecule has 0 unspecified atom stereocenters. The second kappa shape index (κ2) is 8.79. The van der Waals surface area contributed by atoms with Crippen molar-refractivity contribution >= 4 is 29.1 Å². The quantitative estimate of drug-likeness (QED) is 0.584. The van der Waals surface area contributed by atoms with E-state index in [1.165, 1.54) is 0 Å². The highest BCUT2D eigenvalue weighted by Crippen LogP contribution is 2.25. The molecule has 29 heavy (non-hydrogen) atoms. The third kappa shape index (κ3) is 5.68. The Hall–Kier alpha value is -2.65. The third-order valence-corrected chi connectivity index (χ3v) is 5.33. The van der Waals surface area contributed by atoms with Gasteiger partial charge in [0.1, 0.15) is 10.6 Å². The first-order chi connectivity index (χ1) is 13.7. The van der Waals surface area contributed by atoms with E-state index in [-0.39, 0.29) is 5.96 Å². The number of nitrogens with two attached hydrogens (primary N) is 2. The topological polar surface area (TPSA) is 110 Å². The predicted octanol–water partition coefficient (Wildman–Crippen LogP) is 2.64. The van der Waals surface area contributed by atoms with Crippen molar-refractivity contribution in [2.75, 3.05) is 31.1 Å². The number of nitrogens with zero attached hydrogens (tertiary/aromatic N) is 4.